The van der Waals surface area contributed by atoms with Crippen molar-refractivity contribution in [1.29, 1.82) is 0 Å². The first-order chi connectivity index (χ1) is 17.1. The van der Waals surface area contributed by atoms with Crippen molar-refractivity contribution in [1.82, 2.24) is 15.3 Å². The molecule has 0 aliphatic carbocycles. The summed E-state index contributed by atoms with van der Waals surface area (Å²) in [5.74, 6) is 2.64. The number of thioether (sulfide) groups is 1. The number of amides is 1. The molecule has 3 aromatic rings. The van der Waals surface area contributed by atoms with Crippen LogP contribution >= 0.6 is 23.4 Å². The van der Waals surface area contributed by atoms with E-state index < -0.39 is 0 Å². The van der Waals surface area contributed by atoms with Crippen molar-refractivity contribution in [3.8, 4) is 11.5 Å². The summed E-state index contributed by atoms with van der Waals surface area (Å²) in [7, 11) is 0. The number of nitrogens with one attached hydrogen (secondary N) is 1. The van der Waals surface area contributed by atoms with Crippen LogP contribution < -0.4 is 19.7 Å². The van der Waals surface area contributed by atoms with Crippen molar-refractivity contribution in [3.63, 3.8) is 0 Å². The average Bonchev–Trinajstić information content (AvgIpc) is 3.34. The van der Waals surface area contributed by atoms with Gasteiger partial charge in [-0.15, -0.1) is 13.2 Å². The SMILES string of the molecule is C=CCN(CC=C)c1cc(Cl)nc(SCc2ccc(C(=O)NCc3ccc4c(c3)OCO4)cc2)n1. The lowest BCUT2D eigenvalue weighted by atomic mass is 10.1. The molecule has 1 amide bonds. The monoisotopic (exact) mass is 508 g/mol. The van der Waals surface area contributed by atoms with Crippen molar-refractivity contribution in [2.45, 2.75) is 17.5 Å². The van der Waals surface area contributed by atoms with Crippen LogP contribution in [0.25, 0.3) is 0 Å². The van der Waals surface area contributed by atoms with E-state index in [9.17, 15) is 4.79 Å². The van der Waals surface area contributed by atoms with Gasteiger partial charge in [0.15, 0.2) is 16.7 Å². The Hall–Kier alpha value is -3.49. The number of ether oxygens (including phenoxy) is 2. The van der Waals surface area contributed by atoms with Crippen LogP contribution in [0.1, 0.15) is 21.5 Å². The van der Waals surface area contributed by atoms with Gasteiger partial charge in [0, 0.05) is 37.0 Å². The van der Waals surface area contributed by atoms with Crippen LogP contribution in [0.5, 0.6) is 11.5 Å². The maximum Gasteiger partial charge on any atom is 0.251 e. The predicted molar refractivity (Wildman–Crippen MR) is 139 cm³/mol. The van der Waals surface area contributed by atoms with Crippen LogP contribution in [0.2, 0.25) is 5.15 Å². The van der Waals surface area contributed by atoms with Crippen LogP contribution in [0.3, 0.4) is 0 Å². The fourth-order valence-corrected chi connectivity index (χ4v) is 4.46. The van der Waals surface area contributed by atoms with E-state index in [-0.39, 0.29) is 12.7 Å². The highest BCUT2D eigenvalue weighted by molar-refractivity contribution is 7.98. The van der Waals surface area contributed by atoms with Gasteiger partial charge in [0.05, 0.1) is 0 Å². The van der Waals surface area contributed by atoms with Crippen molar-refractivity contribution >= 4 is 35.1 Å². The third kappa shape index (κ3) is 6.55. The van der Waals surface area contributed by atoms with E-state index in [0.717, 1.165) is 22.7 Å². The number of fused-ring (bicyclic) bond motifs is 1. The van der Waals surface area contributed by atoms with Gasteiger partial charge in [-0.25, -0.2) is 9.97 Å². The summed E-state index contributed by atoms with van der Waals surface area (Å²) in [4.78, 5) is 23.5. The molecule has 0 atom stereocenters. The summed E-state index contributed by atoms with van der Waals surface area (Å²) in [6, 6.07) is 14.8. The van der Waals surface area contributed by atoms with Gasteiger partial charge in [0.25, 0.3) is 5.91 Å². The number of rotatable bonds is 11. The zero-order valence-electron chi connectivity index (χ0n) is 19.1. The Morgan fingerprint density at radius 2 is 1.74 bits per heavy atom. The van der Waals surface area contributed by atoms with Gasteiger partial charge in [-0.2, -0.15) is 0 Å². The number of benzene rings is 2. The van der Waals surface area contributed by atoms with Crippen LogP contribution in [0, 0.1) is 0 Å². The number of carbonyl (C=O) groups excluding carboxylic acids is 1. The molecule has 1 aromatic heterocycles. The van der Waals surface area contributed by atoms with E-state index in [0.29, 0.717) is 47.0 Å². The highest BCUT2D eigenvalue weighted by atomic mass is 35.5. The summed E-state index contributed by atoms with van der Waals surface area (Å²) >= 11 is 7.71. The molecule has 0 fully saturated rings. The van der Waals surface area contributed by atoms with Crippen molar-refractivity contribution < 1.29 is 14.3 Å². The number of carbonyl (C=O) groups is 1. The molecule has 0 saturated carbocycles. The molecule has 0 radical (unpaired) electrons. The second-order valence-corrected chi connectivity index (χ2v) is 9.00. The van der Waals surface area contributed by atoms with Crippen LogP contribution in [0.4, 0.5) is 5.82 Å². The zero-order valence-corrected chi connectivity index (χ0v) is 20.6. The molecule has 0 saturated heterocycles. The average molecular weight is 509 g/mol. The first kappa shape index (κ1) is 24.6. The number of halogens is 1. The van der Waals surface area contributed by atoms with Crippen LogP contribution in [0.15, 0.2) is 79.0 Å². The van der Waals surface area contributed by atoms with E-state index in [1.165, 1.54) is 11.8 Å². The first-order valence-corrected chi connectivity index (χ1v) is 12.3. The predicted octanol–water partition coefficient (Wildman–Crippen LogP) is 5.26. The number of hydrogen-bond acceptors (Lipinski definition) is 7. The molecule has 1 aliphatic rings. The molecule has 0 bridgehead atoms. The quantitative estimate of drug-likeness (QED) is 0.164. The van der Waals surface area contributed by atoms with Gasteiger partial charge in [0.1, 0.15) is 11.0 Å². The van der Waals surface area contributed by atoms with Crippen molar-refractivity contribution in [2.24, 2.45) is 0 Å². The van der Waals surface area contributed by atoms with Gasteiger partial charge in [-0.3, -0.25) is 4.79 Å². The summed E-state index contributed by atoms with van der Waals surface area (Å²) in [6.07, 6.45) is 3.61. The second-order valence-electron chi connectivity index (χ2n) is 7.67. The Balaban J connectivity index is 1.33. The lowest BCUT2D eigenvalue weighted by molar-refractivity contribution is 0.0951. The number of aromatic nitrogens is 2. The van der Waals surface area contributed by atoms with E-state index in [1.807, 2.05) is 47.4 Å². The molecule has 35 heavy (non-hydrogen) atoms. The maximum absolute atomic E-state index is 12.6. The number of nitrogens with zero attached hydrogens (tertiary/aromatic N) is 3. The van der Waals surface area contributed by atoms with Gasteiger partial charge in [-0.05, 0) is 35.4 Å². The Labute approximate surface area is 213 Å². The van der Waals surface area contributed by atoms with Gasteiger partial charge >= 0.3 is 0 Å². The Morgan fingerprint density at radius 1 is 1.03 bits per heavy atom. The summed E-state index contributed by atoms with van der Waals surface area (Å²) < 4.78 is 10.7. The molecule has 9 heteroatoms. The summed E-state index contributed by atoms with van der Waals surface area (Å²) in [6.45, 7) is 9.46. The van der Waals surface area contributed by atoms with Gasteiger partial charge in [-0.1, -0.05) is 53.7 Å². The summed E-state index contributed by atoms with van der Waals surface area (Å²) in [5.41, 5.74) is 2.57. The van der Waals surface area contributed by atoms with E-state index in [1.54, 1.807) is 18.2 Å². The van der Waals surface area contributed by atoms with Crippen LogP contribution in [-0.4, -0.2) is 35.8 Å². The van der Waals surface area contributed by atoms with E-state index in [4.69, 9.17) is 21.1 Å². The second kappa shape index (κ2) is 11.8. The largest absolute Gasteiger partial charge is 0.454 e. The standard InChI is InChI=1S/C26H25ClN4O3S/c1-3-11-31(12-4-2)24-14-23(27)29-26(30-24)35-16-18-5-8-20(9-6-18)25(32)28-15-19-7-10-21-22(13-19)34-17-33-21/h3-10,13-14H,1-2,11-12,15-17H2,(H,28,32). The minimum Gasteiger partial charge on any atom is -0.454 e. The third-order valence-corrected chi connectivity index (χ3v) is 6.27. The smallest absolute Gasteiger partial charge is 0.251 e. The molecule has 2 aromatic carbocycles. The van der Waals surface area contributed by atoms with Crippen molar-refractivity contribution in [3.05, 3.63) is 95.7 Å². The molecule has 1 N–H and O–H groups in total. The highest BCUT2D eigenvalue weighted by Gasteiger charge is 2.14. The van der Waals surface area contributed by atoms with Crippen LogP contribution in [-0.2, 0) is 12.3 Å². The minimum atomic E-state index is -0.144. The Morgan fingerprint density at radius 3 is 2.49 bits per heavy atom. The molecular weight excluding hydrogens is 484 g/mol. The lowest BCUT2D eigenvalue weighted by Gasteiger charge is -2.20. The number of anilines is 1. The minimum absolute atomic E-state index is 0.144. The molecule has 0 unspecified atom stereocenters. The zero-order chi connectivity index (χ0) is 24.6. The molecule has 0 spiro atoms. The molecule has 180 valence electrons. The molecule has 4 rings (SSSR count). The molecule has 1 aliphatic heterocycles. The van der Waals surface area contributed by atoms with Gasteiger partial charge in [0.2, 0.25) is 6.79 Å². The summed E-state index contributed by atoms with van der Waals surface area (Å²) in [5, 5.41) is 3.89. The van der Waals surface area contributed by atoms with E-state index in [2.05, 4.69) is 28.4 Å². The maximum atomic E-state index is 12.6. The fraction of sp³-hybridized carbons (Fsp3) is 0.192. The molecule has 7 nitrogen and oxygen atoms in total. The normalized spacial score (nSPS) is 11.7. The fourth-order valence-electron chi connectivity index (χ4n) is 3.42. The molecular formula is C26H25ClN4O3S. The first-order valence-electron chi connectivity index (χ1n) is 11.0. The highest BCUT2D eigenvalue weighted by Crippen LogP contribution is 2.32. The Bertz CT molecular complexity index is 1210. The Kier molecular flexibility index (Phi) is 8.28. The topological polar surface area (TPSA) is 76.6 Å². The third-order valence-electron chi connectivity index (χ3n) is 5.16. The van der Waals surface area contributed by atoms with Crippen molar-refractivity contribution in [2.75, 3.05) is 24.8 Å². The van der Waals surface area contributed by atoms with Gasteiger partial charge < -0.3 is 19.7 Å². The van der Waals surface area contributed by atoms with E-state index >= 15 is 0 Å². The lowest BCUT2D eigenvalue weighted by Crippen LogP contribution is -2.24. The molecule has 2 heterocycles. The number of hydrogen-bond donors (Lipinski definition) is 1.